The largest absolute Gasteiger partial charge is 0.443 e. The Kier molecular flexibility index (Phi) is 5.16. The summed E-state index contributed by atoms with van der Waals surface area (Å²) < 4.78 is 5.86. The zero-order chi connectivity index (χ0) is 21.5. The first-order chi connectivity index (χ1) is 15.0. The molecule has 0 bridgehead atoms. The van der Waals surface area contributed by atoms with E-state index in [1.54, 1.807) is 0 Å². The summed E-state index contributed by atoms with van der Waals surface area (Å²) in [6, 6.07) is 8.64. The molecule has 31 heavy (non-hydrogen) atoms. The van der Waals surface area contributed by atoms with E-state index in [1.807, 2.05) is 13.8 Å². The molecule has 6 heteroatoms. The Morgan fingerprint density at radius 2 is 1.97 bits per heavy atom. The van der Waals surface area contributed by atoms with Crippen molar-refractivity contribution in [1.29, 1.82) is 0 Å². The Balaban J connectivity index is 1.37. The van der Waals surface area contributed by atoms with Crippen LogP contribution < -0.4 is 10.2 Å². The molecular formula is C25H30N4O2. The summed E-state index contributed by atoms with van der Waals surface area (Å²) in [4.78, 5) is 24.8. The summed E-state index contributed by atoms with van der Waals surface area (Å²) in [6.07, 6.45) is 5.12. The van der Waals surface area contributed by atoms with Gasteiger partial charge in [-0.25, -0.2) is 4.98 Å². The first-order valence-electron chi connectivity index (χ1n) is 11.4. The lowest BCUT2D eigenvalue weighted by Crippen LogP contribution is -2.44. The Bertz CT molecular complexity index is 1140. The highest BCUT2D eigenvalue weighted by atomic mass is 16.3. The molecule has 5 rings (SSSR count). The highest BCUT2D eigenvalue weighted by Crippen LogP contribution is 2.34. The number of amides is 1. The fourth-order valence-electron chi connectivity index (χ4n) is 5.14. The highest BCUT2D eigenvalue weighted by molar-refractivity contribution is 5.91. The van der Waals surface area contributed by atoms with Crippen molar-refractivity contribution in [3.05, 3.63) is 52.5 Å². The number of hydrogen-bond acceptors (Lipinski definition) is 5. The first-order valence-corrected chi connectivity index (χ1v) is 11.4. The molecule has 0 spiro atoms. The van der Waals surface area contributed by atoms with Crippen LogP contribution in [0.5, 0.6) is 0 Å². The lowest BCUT2D eigenvalue weighted by molar-refractivity contribution is -0.126. The van der Waals surface area contributed by atoms with Crippen molar-refractivity contribution in [2.75, 3.05) is 18.0 Å². The molecule has 1 N–H and O–H groups in total. The molecule has 0 radical (unpaired) electrons. The van der Waals surface area contributed by atoms with Gasteiger partial charge in [-0.05, 0) is 64.0 Å². The van der Waals surface area contributed by atoms with Crippen molar-refractivity contribution in [3.63, 3.8) is 0 Å². The van der Waals surface area contributed by atoms with Crippen LogP contribution in [-0.4, -0.2) is 29.0 Å². The predicted octanol–water partition coefficient (Wildman–Crippen LogP) is 4.56. The fourth-order valence-corrected chi connectivity index (χ4v) is 5.14. The molecule has 162 valence electrons. The van der Waals surface area contributed by atoms with Crippen molar-refractivity contribution in [1.82, 2.24) is 15.3 Å². The molecule has 2 aliphatic rings. The number of rotatable bonds is 3. The summed E-state index contributed by atoms with van der Waals surface area (Å²) in [7, 11) is 0. The van der Waals surface area contributed by atoms with E-state index in [4.69, 9.17) is 9.40 Å². The minimum atomic E-state index is -0.0403. The third-order valence-corrected chi connectivity index (χ3v) is 6.90. The van der Waals surface area contributed by atoms with Crippen molar-refractivity contribution < 1.29 is 9.21 Å². The molecule has 2 aromatic heterocycles. The van der Waals surface area contributed by atoms with Crippen LogP contribution >= 0.6 is 0 Å². The van der Waals surface area contributed by atoms with Gasteiger partial charge >= 0.3 is 0 Å². The van der Waals surface area contributed by atoms with E-state index in [1.165, 1.54) is 11.1 Å². The average Bonchev–Trinajstić information content (AvgIpc) is 3.06. The van der Waals surface area contributed by atoms with E-state index >= 15 is 0 Å². The summed E-state index contributed by atoms with van der Waals surface area (Å²) in [5, 5.41) is 4.34. The van der Waals surface area contributed by atoms with Gasteiger partial charge in [-0.15, -0.1) is 0 Å². The zero-order valence-corrected chi connectivity index (χ0v) is 18.6. The maximum absolute atomic E-state index is 13.3. The van der Waals surface area contributed by atoms with Gasteiger partial charge in [0.15, 0.2) is 0 Å². The molecule has 1 aromatic carbocycles. The average molecular weight is 419 g/mol. The van der Waals surface area contributed by atoms with Gasteiger partial charge in [-0.1, -0.05) is 24.3 Å². The number of nitrogens with one attached hydrogen (secondary N) is 1. The van der Waals surface area contributed by atoms with Crippen LogP contribution in [0.15, 0.2) is 28.7 Å². The number of carbonyl (C=O) groups is 1. The molecule has 1 saturated heterocycles. The number of anilines is 1. The normalized spacial score (nSPS) is 21.2. The number of fused-ring (bicyclic) bond motifs is 2. The lowest BCUT2D eigenvalue weighted by Gasteiger charge is -2.35. The van der Waals surface area contributed by atoms with Crippen LogP contribution in [0, 0.1) is 26.7 Å². The van der Waals surface area contributed by atoms with Gasteiger partial charge in [0.05, 0.1) is 17.3 Å². The first kappa shape index (κ1) is 20.0. The van der Waals surface area contributed by atoms with Crippen molar-refractivity contribution in [2.24, 2.45) is 5.92 Å². The Hall–Kier alpha value is -2.89. The highest BCUT2D eigenvalue weighted by Gasteiger charge is 2.31. The van der Waals surface area contributed by atoms with Gasteiger partial charge in [0.25, 0.3) is 0 Å². The van der Waals surface area contributed by atoms with Crippen LogP contribution in [-0.2, 0) is 11.2 Å². The number of furan rings is 1. The third kappa shape index (κ3) is 3.68. The van der Waals surface area contributed by atoms with Crippen molar-refractivity contribution in [2.45, 2.75) is 58.9 Å². The number of carbonyl (C=O) groups excluding carboxylic acids is 1. The number of aryl methyl sites for hydroxylation is 4. The standard InChI is InChI=1S/C25H30N4O2/c1-15-16(2)31-25-22(15)23(26-17(3)27-25)29-13-7-10-19(14-29)24(30)28-21-12-6-9-18-8-4-5-11-20(18)21/h4-5,8,11,19,21H,6-7,9-10,12-14H2,1-3H3,(H,28,30)/t19-,21+/m0/s1. The second kappa shape index (κ2) is 7.98. The number of benzene rings is 1. The molecule has 1 fully saturated rings. The third-order valence-electron chi connectivity index (χ3n) is 6.90. The van der Waals surface area contributed by atoms with E-state index < -0.39 is 0 Å². The van der Waals surface area contributed by atoms with Gasteiger partial charge in [0.2, 0.25) is 11.6 Å². The van der Waals surface area contributed by atoms with Crippen molar-refractivity contribution >= 4 is 22.8 Å². The minimum Gasteiger partial charge on any atom is -0.443 e. The van der Waals surface area contributed by atoms with Crippen LogP contribution in [0.25, 0.3) is 11.1 Å². The van der Waals surface area contributed by atoms with Crippen LogP contribution in [0.4, 0.5) is 5.82 Å². The minimum absolute atomic E-state index is 0.0403. The number of piperidine rings is 1. The van der Waals surface area contributed by atoms with Gasteiger partial charge in [-0.3, -0.25) is 4.79 Å². The monoisotopic (exact) mass is 418 g/mol. The second-order valence-corrected chi connectivity index (χ2v) is 9.00. The van der Waals surface area contributed by atoms with Gasteiger partial charge in [0.1, 0.15) is 17.4 Å². The Morgan fingerprint density at radius 1 is 1.13 bits per heavy atom. The molecule has 1 amide bonds. The van der Waals surface area contributed by atoms with Crippen LogP contribution in [0.2, 0.25) is 0 Å². The van der Waals surface area contributed by atoms with Crippen LogP contribution in [0.3, 0.4) is 0 Å². The molecule has 0 saturated carbocycles. The molecule has 0 unspecified atom stereocenters. The Morgan fingerprint density at radius 3 is 2.84 bits per heavy atom. The molecule has 3 heterocycles. The summed E-state index contributed by atoms with van der Waals surface area (Å²) >= 11 is 0. The van der Waals surface area contributed by atoms with E-state index in [2.05, 4.69) is 46.4 Å². The summed E-state index contributed by atoms with van der Waals surface area (Å²) in [5.74, 6) is 2.59. The number of aromatic nitrogens is 2. The van der Waals surface area contributed by atoms with E-state index in [0.29, 0.717) is 18.1 Å². The van der Waals surface area contributed by atoms with Crippen LogP contribution in [0.1, 0.15) is 60.0 Å². The van der Waals surface area contributed by atoms with Gasteiger partial charge in [0, 0.05) is 18.7 Å². The molecular weight excluding hydrogens is 388 g/mol. The Labute approximate surface area is 183 Å². The van der Waals surface area contributed by atoms with E-state index in [9.17, 15) is 4.79 Å². The lowest BCUT2D eigenvalue weighted by atomic mass is 9.87. The molecule has 2 atom stereocenters. The van der Waals surface area contributed by atoms with Gasteiger partial charge in [-0.2, -0.15) is 4.98 Å². The maximum atomic E-state index is 13.3. The molecule has 6 nitrogen and oxygen atoms in total. The summed E-state index contributed by atoms with van der Waals surface area (Å²) in [5.41, 5.74) is 4.37. The molecule has 1 aliphatic carbocycles. The smallest absolute Gasteiger partial charge is 0.231 e. The zero-order valence-electron chi connectivity index (χ0n) is 18.6. The summed E-state index contributed by atoms with van der Waals surface area (Å²) in [6.45, 7) is 7.48. The number of nitrogens with zero attached hydrogens (tertiary/aromatic N) is 3. The molecule has 1 aliphatic heterocycles. The topological polar surface area (TPSA) is 71.3 Å². The van der Waals surface area contributed by atoms with Gasteiger partial charge < -0.3 is 14.6 Å². The van der Waals surface area contributed by atoms with E-state index in [-0.39, 0.29) is 17.9 Å². The predicted molar refractivity (Wildman–Crippen MR) is 121 cm³/mol. The SMILES string of the molecule is Cc1nc(N2CCC[C@H](C(=O)N[C@@H]3CCCc4ccccc43)C2)c2c(C)c(C)oc2n1. The fraction of sp³-hybridized carbons (Fsp3) is 0.480. The van der Waals surface area contributed by atoms with E-state index in [0.717, 1.165) is 61.2 Å². The number of hydrogen-bond donors (Lipinski definition) is 1. The second-order valence-electron chi connectivity index (χ2n) is 9.00. The maximum Gasteiger partial charge on any atom is 0.231 e. The molecule has 3 aromatic rings. The quantitative estimate of drug-likeness (QED) is 0.675. The van der Waals surface area contributed by atoms with Crippen molar-refractivity contribution in [3.8, 4) is 0 Å².